The average Bonchev–Trinajstić information content (AvgIpc) is 2.32. The Hall–Kier alpha value is -0.480. The van der Waals surface area contributed by atoms with E-state index in [0.717, 1.165) is 25.7 Å². The average molecular weight is 299 g/mol. The van der Waals surface area contributed by atoms with Gasteiger partial charge in [-0.3, -0.25) is 0 Å². The van der Waals surface area contributed by atoms with Crippen LogP contribution < -0.4 is 0 Å². The molecule has 0 aliphatic rings. The van der Waals surface area contributed by atoms with E-state index in [1.165, 1.54) is 0 Å². The van der Waals surface area contributed by atoms with Crippen molar-refractivity contribution in [2.45, 2.75) is 62.8 Å². The third-order valence-corrected chi connectivity index (χ3v) is 3.27. The molecule has 1 unspecified atom stereocenters. The number of alkyl halides is 2. The van der Waals surface area contributed by atoms with Gasteiger partial charge in [-0.1, -0.05) is 56.3 Å². The number of aliphatic carboxylic acids is 1. The third-order valence-electron chi connectivity index (χ3n) is 2.63. The Morgan fingerprint density at radius 3 is 2.28 bits per heavy atom. The topological polar surface area (TPSA) is 63.6 Å². The molecule has 1 N–H and O–H groups in total. The van der Waals surface area contributed by atoms with Crippen LogP contribution in [0.3, 0.4) is 0 Å². The summed E-state index contributed by atoms with van der Waals surface area (Å²) < 4.78 is 2.51. The Bertz CT molecular complexity index is 279. The molecule has 0 aliphatic carbocycles. The molecule has 106 valence electrons. The highest BCUT2D eigenvalue weighted by atomic mass is 35.5. The van der Waals surface area contributed by atoms with E-state index in [2.05, 4.69) is 6.92 Å². The van der Waals surface area contributed by atoms with E-state index >= 15 is 0 Å². The number of carbonyl (C=O) groups is 2. The summed E-state index contributed by atoms with van der Waals surface area (Å²) in [6.07, 6.45) is 5.25. The van der Waals surface area contributed by atoms with Crippen molar-refractivity contribution >= 4 is 35.1 Å². The first kappa shape index (κ1) is 17.5. The summed E-state index contributed by atoms with van der Waals surface area (Å²) in [6.45, 7) is 3.97. The van der Waals surface area contributed by atoms with Gasteiger partial charge in [0.05, 0.1) is 0 Å². The molecule has 0 aliphatic heterocycles. The number of carboxylic acids is 1. The molecule has 0 amide bonds. The number of hydrogen-bond acceptors (Lipinski definition) is 3. The Labute approximate surface area is 118 Å². The highest BCUT2D eigenvalue weighted by molar-refractivity contribution is 6.66. The summed E-state index contributed by atoms with van der Waals surface area (Å²) in [5.41, 5.74) is 0. The first-order chi connectivity index (χ1) is 8.36. The van der Waals surface area contributed by atoms with E-state index in [1.54, 1.807) is 0 Å². The normalized spacial score (nSPS) is 13.1. The van der Waals surface area contributed by atoms with E-state index in [0.29, 0.717) is 12.8 Å². The summed E-state index contributed by atoms with van der Waals surface area (Å²) in [6, 6.07) is 0. The fourth-order valence-electron chi connectivity index (χ4n) is 1.46. The molecule has 0 spiro atoms. The fraction of sp³-hybridized carbons (Fsp3) is 0.833. The standard InChI is InChI=1S/C12H20Cl2O4/c1-3-5-6-7-8-9(4-2)18-11(17)12(13,14)10(15)16/h9H,3-8H2,1-2H3,(H,15,16). The van der Waals surface area contributed by atoms with Gasteiger partial charge in [-0.15, -0.1) is 0 Å². The van der Waals surface area contributed by atoms with Crippen LogP contribution in [0.15, 0.2) is 0 Å². The van der Waals surface area contributed by atoms with Crippen molar-refractivity contribution in [3.8, 4) is 0 Å². The highest BCUT2D eigenvalue weighted by Crippen LogP contribution is 2.25. The zero-order valence-corrected chi connectivity index (χ0v) is 12.3. The van der Waals surface area contributed by atoms with E-state index in [1.807, 2.05) is 6.92 Å². The van der Waals surface area contributed by atoms with Crippen molar-refractivity contribution in [3.63, 3.8) is 0 Å². The number of unbranched alkanes of at least 4 members (excludes halogenated alkanes) is 3. The van der Waals surface area contributed by atoms with Crippen LogP contribution in [0.4, 0.5) is 0 Å². The number of rotatable bonds is 9. The predicted octanol–water partition coefficient (Wildman–Crippen LogP) is 3.54. The van der Waals surface area contributed by atoms with Crippen molar-refractivity contribution in [3.05, 3.63) is 0 Å². The zero-order valence-electron chi connectivity index (χ0n) is 10.7. The first-order valence-corrected chi connectivity index (χ1v) is 6.94. The Kier molecular flexibility index (Phi) is 8.36. The lowest BCUT2D eigenvalue weighted by Crippen LogP contribution is -2.39. The molecule has 4 nitrogen and oxygen atoms in total. The molecule has 1 atom stereocenters. The number of carbonyl (C=O) groups excluding carboxylic acids is 1. The lowest BCUT2D eigenvalue weighted by Gasteiger charge is -2.20. The molecule has 6 heteroatoms. The second kappa shape index (κ2) is 8.59. The monoisotopic (exact) mass is 298 g/mol. The minimum absolute atomic E-state index is 0.328. The van der Waals surface area contributed by atoms with Gasteiger partial charge in [0.1, 0.15) is 6.10 Å². The molecule has 0 bridgehead atoms. The first-order valence-electron chi connectivity index (χ1n) is 6.18. The Morgan fingerprint density at radius 2 is 1.83 bits per heavy atom. The third kappa shape index (κ3) is 5.91. The number of halogens is 2. The van der Waals surface area contributed by atoms with Crippen LogP contribution in [0.25, 0.3) is 0 Å². The largest absolute Gasteiger partial charge is 0.479 e. The molecule has 0 saturated carbocycles. The molecule has 0 radical (unpaired) electrons. The molecule has 0 heterocycles. The van der Waals surface area contributed by atoms with Crippen LogP contribution in [0.5, 0.6) is 0 Å². The van der Waals surface area contributed by atoms with Crippen molar-refractivity contribution in [1.82, 2.24) is 0 Å². The summed E-state index contributed by atoms with van der Waals surface area (Å²) in [5, 5.41) is 8.68. The van der Waals surface area contributed by atoms with Crippen LogP contribution in [-0.4, -0.2) is 27.5 Å². The van der Waals surface area contributed by atoms with E-state index in [-0.39, 0.29) is 6.10 Å². The van der Waals surface area contributed by atoms with Gasteiger partial charge < -0.3 is 9.84 Å². The van der Waals surface area contributed by atoms with Gasteiger partial charge in [-0.2, -0.15) is 0 Å². The molecule has 0 fully saturated rings. The van der Waals surface area contributed by atoms with Crippen LogP contribution in [0, 0.1) is 0 Å². The SMILES string of the molecule is CCCCCCC(CC)OC(=O)C(Cl)(Cl)C(=O)O. The molecular weight excluding hydrogens is 279 g/mol. The van der Waals surface area contributed by atoms with E-state index < -0.39 is 16.3 Å². The Balaban J connectivity index is 4.20. The van der Waals surface area contributed by atoms with Crippen molar-refractivity contribution in [1.29, 1.82) is 0 Å². The molecule has 0 aromatic rings. The lowest BCUT2D eigenvalue weighted by atomic mass is 10.1. The Morgan fingerprint density at radius 1 is 1.22 bits per heavy atom. The van der Waals surface area contributed by atoms with Gasteiger partial charge in [0.15, 0.2) is 0 Å². The molecule has 18 heavy (non-hydrogen) atoms. The molecule has 0 aromatic heterocycles. The lowest BCUT2D eigenvalue weighted by molar-refractivity contribution is -0.156. The predicted molar refractivity (Wildman–Crippen MR) is 71.0 cm³/mol. The molecular formula is C12H20Cl2O4. The maximum absolute atomic E-state index is 11.5. The summed E-state index contributed by atoms with van der Waals surface area (Å²) in [5.74, 6) is -2.72. The second-order valence-electron chi connectivity index (χ2n) is 4.16. The molecule has 0 rings (SSSR count). The highest BCUT2D eigenvalue weighted by Gasteiger charge is 2.45. The van der Waals surface area contributed by atoms with Crippen molar-refractivity contribution in [2.75, 3.05) is 0 Å². The quantitative estimate of drug-likeness (QED) is 0.306. The summed E-state index contributed by atoms with van der Waals surface area (Å²) in [7, 11) is 0. The second-order valence-corrected chi connectivity index (χ2v) is 5.49. The fourth-order valence-corrected chi connectivity index (χ4v) is 1.55. The molecule has 0 saturated heterocycles. The number of esters is 1. The molecule has 0 aromatic carbocycles. The minimum Gasteiger partial charge on any atom is -0.479 e. The summed E-state index contributed by atoms with van der Waals surface area (Å²) >= 11 is 10.8. The number of carboxylic acid groups (broad SMARTS) is 1. The van der Waals surface area contributed by atoms with Gasteiger partial charge >= 0.3 is 16.3 Å². The number of ether oxygens (including phenoxy) is 1. The zero-order chi connectivity index (χ0) is 14.2. The maximum Gasteiger partial charge on any atom is 0.354 e. The minimum atomic E-state index is -2.52. The van der Waals surface area contributed by atoms with Crippen LogP contribution >= 0.6 is 23.2 Å². The van der Waals surface area contributed by atoms with Crippen molar-refractivity contribution in [2.24, 2.45) is 0 Å². The smallest absolute Gasteiger partial charge is 0.354 e. The van der Waals surface area contributed by atoms with Gasteiger partial charge in [0, 0.05) is 0 Å². The van der Waals surface area contributed by atoms with Crippen molar-refractivity contribution < 1.29 is 19.4 Å². The van der Waals surface area contributed by atoms with E-state index in [4.69, 9.17) is 33.0 Å². The van der Waals surface area contributed by atoms with Crippen LogP contribution in [0.1, 0.15) is 52.4 Å². The van der Waals surface area contributed by atoms with Gasteiger partial charge in [-0.05, 0) is 19.3 Å². The maximum atomic E-state index is 11.5. The summed E-state index contributed by atoms with van der Waals surface area (Å²) in [4.78, 5) is 22.2. The van der Waals surface area contributed by atoms with Gasteiger partial charge in [-0.25, -0.2) is 9.59 Å². The number of hydrogen-bond donors (Lipinski definition) is 1. The van der Waals surface area contributed by atoms with E-state index in [9.17, 15) is 9.59 Å². The van der Waals surface area contributed by atoms with Crippen LogP contribution in [-0.2, 0) is 14.3 Å². The van der Waals surface area contributed by atoms with Gasteiger partial charge in [0.2, 0.25) is 0 Å². The van der Waals surface area contributed by atoms with Gasteiger partial charge in [0.25, 0.3) is 0 Å². The van der Waals surface area contributed by atoms with Crippen LogP contribution in [0.2, 0.25) is 0 Å².